The van der Waals surface area contributed by atoms with Crippen molar-refractivity contribution < 1.29 is 14.8 Å². The van der Waals surface area contributed by atoms with Gasteiger partial charge in [-0.15, -0.1) is 0 Å². The number of aromatic nitrogens is 1. The van der Waals surface area contributed by atoms with Crippen LogP contribution in [-0.2, 0) is 6.54 Å². The number of nitrogens with zero attached hydrogens (tertiary/aromatic N) is 2. The van der Waals surface area contributed by atoms with E-state index >= 15 is 0 Å². The van der Waals surface area contributed by atoms with E-state index in [0.29, 0.717) is 11.3 Å². The lowest BCUT2D eigenvalue weighted by Gasteiger charge is -2.16. The second kappa shape index (κ2) is 7.27. The maximum atomic E-state index is 11.9. The lowest BCUT2D eigenvalue weighted by molar-refractivity contribution is -0.386. The Hall–Kier alpha value is -2.67. The molecule has 0 bridgehead atoms. The van der Waals surface area contributed by atoms with Gasteiger partial charge in [0.15, 0.2) is 0 Å². The number of rotatable bonds is 6. The van der Waals surface area contributed by atoms with Crippen LogP contribution in [0, 0.1) is 30.9 Å². The lowest BCUT2D eigenvalue weighted by atomic mass is 10.1. The van der Waals surface area contributed by atoms with Crippen molar-refractivity contribution in [2.24, 2.45) is 0 Å². The normalized spacial score (nSPS) is 12.0. The Morgan fingerprint density at radius 1 is 1.25 bits per heavy atom. The number of nitro groups is 1. The minimum Gasteiger partial charge on any atom is -0.490 e. The van der Waals surface area contributed by atoms with Crippen LogP contribution >= 0.6 is 0 Å². The van der Waals surface area contributed by atoms with Gasteiger partial charge < -0.3 is 14.4 Å². The molecule has 2 rings (SSSR count). The molecule has 24 heavy (non-hydrogen) atoms. The van der Waals surface area contributed by atoms with Crippen LogP contribution in [0.15, 0.2) is 35.3 Å². The first-order valence-corrected chi connectivity index (χ1v) is 7.52. The Kier molecular flexibility index (Phi) is 5.35. The summed E-state index contributed by atoms with van der Waals surface area (Å²) in [5.41, 5.74) is 1.64. The van der Waals surface area contributed by atoms with Crippen molar-refractivity contribution >= 4 is 5.69 Å². The fourth-order valence-electron chi connectivity index (χ4n) is 2.48. The molecule has 7 nitrogen and oxygen atoms in total. The highest BCUT2D eigenvalue weighted by Crippen LogP contribution is 2.22. The van der Waals surface area contributed by atoms with Gasteiger partial charge in [-0.1, -0.05) is 18.2 Å². The number of aryl methyl sites for hydroxylation is 3. The predicted molar refractivity (Wildman–Crippen MR) is 89.5 cm³/mol. The van der Waals surface area contributed by atoms with Crippen LogP contribution in [0.25, 0.3) is 0 Å². The molecule has 1 aromatic heterocycles. The molecule has 1 atom stereocenters. The lowest BCUT2D eigenvalue weighted by Crippen LogP contribution is -2.30. The van der Waals surface area contributed by atoms with Gasteiger partial charge in [0, 0.05) is 11.6 Å². The quantitative estimate of drug-likeness (QED) is 0.646. The van der Waals surface area contributed by atoms with Crippen molar-refractivity contribution in [3.05, 3.63) is 67.6 Å². The van der Waals surface area contributed by atoms with Crippen molar-refractivity contribution in [1.29, 1.82) is 0 Å². The van der Waals surface area contributed by atoms with Crippen LogP contribution in [0.2, 0.25) is 0 Å². The van der Waals surface area contributed by atoms with E-state index in [0.717, 1.165) is 21.9 Å². The predicted octanol–water partition coefficient (Wildman–Crippen LogP) is 2.12. The van der Waals surface area contributed by atoms with Gasteiger partial charge in [-0.05, 0) is 31.9 Å². The van der Waals surface area contributed by atoms with Crippen molar-refractivity contribution in [2.75, 3.05) is 6.61 Å². The molecule has 0 aliphatic carbocycles. The van der Waals surface area contributed by atoms with E-state index in [9.17, 15) is 20.0 Å². The summed E-state index contributed by atoms with van der Waals surface area (Å²) < 4.78 is 6.77. The average molecular weight is 332 g/mol. The molecule has 0 saturated carbocycles. The second-order valence-electron chi connectivity index (χ2n) is 5.78. The van der Waals surface area contributed by atoms with Crippen LogP contribution in [0.3, 0.4) is 0 Å². The molecule has 2 aromatic rings. The molecule has 128 valence electrons. The third kappa shape index (κ3) is 3.99. The third-order valence-corrected chi connectivity index (χ3v) is 3.74. The fourth-order valence-corrected chi connectivity index (χ4v) is 2.48. The van der Waals surface area contributed by atoms with E-state index in [1.807, 2.05) is 32.0 Å². The first kappa shape index (κ1) is 17.7. The molecule has 0 aliphatic heterocycles. The minimum absolute atomic E-state index is 0.0141. The van der Waals surface area contributed by atoms with Crippen molar-refractivity contribution in [3.8, 4) is 5.75 Å². The zero-order valence-corrected chi connectivity index (χ0v) is 13.9. The van der Waals surface area contributed by atoms with Crippen LogP contribution in [-0.4, -0.2) is 27.3 Å². The van der Waals surface area contributed by atoms with E-state index < -0.39 is 16.6 Å². The molecule has 0 amide bonds. The summed E-state index contributed by atoms with van der Waals surface area (Å²) in [6.07, 6.45) is 0.184. The zero-order valence-electron chi connectivity index (χ0n) is 13.9. The number of ether oxygens (including phenoxy) is 1. The van der Waals surface area contributed by atoms with Crippen molar-refractivity contribution in [2.45, 2.75) is 33.4 Å². The third-order valence-electron chi connectivity index (χ3n) is 3.74. The van der Waals surface area contributed by atoms with Crippen LogP contribution in [0.4, 0.5) is 5.69 Å². The minimum atomic E-state index is -0.969. The molecule has 0 radical (unpaired) electrons. The maximum absolute atomic E-state index is 11.9. The molecule has 1 unspecified atom stereocenters. The van der Waals surface area contributed by atoms with Gasteiger partial charge in [0.25, 0.3) is 11.2 Å². The van der Waals surface area contributed by atoms with Gasteiger partial charge in [-0.2, -0.15) is 0 Å². The fraction of sp³-hybridized carbons (Fsp3) is 0.353. The summed E-state index contributed by atoms with van der Waals surface area (Å²) in [5.74, 6) is 0.693. The first-order chi connectivity index (χ1) is 11.3. The highest BCUT2D eigenvalue weighted by Gasteiger charge is 2.16. The Morgan fingerprint density at radius 2 is 1.88 bits per heavy atom. The monoisotopic (exact) mass is 332 g/mol. The molecule has 1 aromatic carbocycles. The van der Waals surface area contributed by atoms with Gasteiger partial charge >= 0.3 is 0 Å². The number of para-hydroxylation sites is 1. The van der Waals surface area contributed by atoms with Crippen LogP contribution in [0.1, 0.15) is 16.7 Å². The van der Waals surface area contributed by atoms with E-state index in [4.69, 9.17) is 4.74 Å². The van der Waals surface area contributed by atoms with E-state index in [1.54, 1.807) is 0 Å². The van der Waals surface area contributed by atoms with Crippen LogP contribution in [0.5, 0.6) is 5.75 Å². The Bertz CT molecular complexity index is 793. The number of hydrogen-bond acceptors (Lipinski definition) is 5. The van der Waals surface area contributed by atoms with E-state index in [1.165, 1.54) is 13.0 Å². The molecule has 0 fully saturated rings. The Labute approximate surface area is 139 Å². The molecule has 0 aliphatic rings. The van der Waals surface area contributed by atoms with Crippen molar-refractivity contribution in [3.63, 3.8) is 0 Å². The topological polar surface area (TPSA) is 94.6 Å². The first-order valence-electron chi connectivity index (χ1n) is 7.52. The summed E-state index contributed by atoms with van der Waals surface area (Å²) in [6, 6.07) is 6.92. The Balaban J connectivity index is 2.10. The van der Waals surface area contributed by atoms with Gasteiger partial charge in [-0.25, -0.2) is 0 Å². The summed E-state index contributed by atoms with van der Waals surface area (Å²) >= 11 is 0. The Morgan fingerprint density at radius 3 is 2.46 bits per heavy atom. The van der Waals surface area contributed by atoms with Crippen LogP contribution < -0.4 is 10.3 Å². The van der Waals surface area contributed by atoms with Gasteiger partial charge in [0.1, 0.15) is 18.5 Å². The molecule has 1 N–H and O–H groups in total. The molecule has 0 saturated heterocycles. The second-order valence-corrected chi connectivity index (χ2v) is 5.78. The molecule has 1 heterocycles. The molecular weight excluding hydrogens is 312 g/mol. The number of aliphatic hydroxyl groups excluding tert-OH is 1. The standard InChI is InChI=1S/C17H20N2O5/c1-11-5-4-6-12(2)17(11)24-10-14(20)8-18-9-15(19(22)23)13(3)7-16(18)21/h4-7,9,14,20H,8,10H2,1-3H3. The summed E-state index contributed by atoms with van der Waals surface area (Å²) in [6.45, 7) is 5.22. The summed E-state index contributed by atoms with van der Waals surface area (Å²) in [7, 11) is 0. The number of benzene rings is 1. The SMILES string of the molecule is Cc1cc(=O)n(CC(O)COc2c(C)cccc2C)cc1[N+](=O)[O-]. The largest absolute Gasteiger partial charge is 0.490 e. The molecule has 7 heteroatoms. The number of hydrogen-bond donors (Lipinski definition) is 1. The maximum Gasteiger partial charge on any atom is 0.288 e. The van der Waals surface area contributed by atoms with Gasteiger partial charge in [-0.3, -0.25) is 14.9 Å². The van der Waals surface area contributed by atoms with Gasteiger partial charge in [0.05, 0.1) is 17.7 Å². The zero-order chi connectivity index (χ0) is 17.9. The highest BCUT2D eigenvalue weighted by molar-refractivity contribution is 5.39. The summed E-state index contributed by atoms with van der Waals surface area (Å²) in [4.78, 5) is 22.3. The van der Waals surface area contributed by atoms with E-state index in [2.05, 4.69) is 0 Å². The molecule has 0 spiro atoms. The van der Waals surface area contributed by atoms with Crippen molar-refractivity contribution in [1.82, 2.24) is 4.57 Å². The highest BCUT2D eigenvalue weighted by atomic mass is 16.6. The summed E-state index contributed by atoms with van der Waals surface area (Å²) in [5, 5.41) is 21.1. The van der Waals surface area contributed by atoms with Gasteiger partial charge in [0.2, 0.25) is 0 Å². The smallest absolute Gasteiger partial charge is 0.288 e. The number of pyridine rings is 1. The molecular formula is C17H20N2O5. The average Bonchev–Trinajstić information content (AvgIpc) is 2.49. The van der Waals surface area contributed by atoms with E-state index in [-0.39, 0.29) is 18.8 Å². The number of aliphatic hydroxyl groups is 1.